The number of hydrogen-bond acceptors (Lipinski definition) is 7. The van der Waals surface area contributed by atoms with Crippen molar-refractivity contribution in [2.45, 2.75) is 25.5 Å². The molecule has 0 atom stereocenters. The number of nitrogens with one attached hydrogen (secondary N) is 1. The lowest BCUT2D eigenvalue weighted by molar-refractivity contribution is -0.384. The van der Waals surface area contributed by atoms with E-state index in [0.717, 1.165) is 18.2 Å². The molecular weight excluding hydrogens is 646 g/mol. The normalized spacial score (nSPS) is 13.7. The summed E-state index contributed by atoms with van der Waals surface area (Å²) in [6, 6.07) is 18.3. The lowest BCUT2D eigenvalue weighted by Crippen LogP contribution is -2.47. The van der Waals surface area contributed by atoms with Gasteiger partial charge in [0.15, 0.2) is 0 Å². The third kappa shape index (κ3) is 8.08. The van der Waals surface area contributed by atoms with Gasteiger partial charge < -0.3 is 25.0 Å². The van der Waals surface area contributed by atoms with Crippen molar-refractivity contribution in [1.82, 2.24) is 0 Å². The number of carboxylic acid groups (broad SMARTS) is 1. The average molecular weight is 675 g/mol. The SMILES string of the molecule is O=C(O)c1ccc(COc2ccc([N+](=O)[O-])cc2CNc2ccc(N3CCN(c4cccc(C(F)(F)F)c4)CC3)c(C(F)(F)F)c2)cc1. The molecule has 2 N–H and O–H groups in total. The molecule has 4 aromatic carbocycles. The number of carboxylic acids is 1. The number of nitrogens with zero attached hydrogens (tertiary/aromatic N) is 3. The number of anilines is 3. The van der Waals surface area contributed by atoms with Crippen LogP contribution in [-0.4, -0.2) is 42.2 Å². The Bertz CT molecular complexity index is 1790. The van der Waals surface area contributed by atoms with E-state index in [2.05, 4.69) is 5.32 Å². The highest BCUT2D eigenvalue weighted by Gasteiger charge is 2.36. The smallest absolute Gasteiger partial charge is 0.418 e. The predicted molar refractivity (Wildman–Crippen MR) is 165 cm³/mol. The van der Waals surface area contributed by atoms with Gasteiger partial charge in [0, 0.05) is 67.5 Å². The molecule has 1 heterocycles. The van der Waals surface area contributed by atoms with Crippen LogP contribution in [-0.2, 0) is 25.5 Å². The van der Waals surface area contributed by atoms with Crippen molar-refractivity contribution in [3.8, 4) is 5.75 Å². The summed E-state index contributed by atoms with van der Waals surface area (Å²) >= 11 is 0. The zero-order valence-electron chi connectivity index (χ0n) is 25.0. The summed E-state index contributed by atoms with van der Waals surface area (Å²) in [6.07, 6.45) is -9.25. The Labute approximate surface area is 270 Å². The van der Waals surface area contributed by atoms with Crippen molar-refractivity contribution < 1.29 is 45.9 Å². The van der Waals surface area contributed by atoms with Crippen LogP contribution in [0.25, 0.3) is 0 Å². The molecule has 0 bridgehead atoms. The van der Waals surface area contributed by atoms with Crippen LogP contribution in [0.5, 0.6) is 5.75 Å². The number of non-ortho nitro benzene ring substituents is 1. The Morgan fingerprint density at radius 3 is 2.17 bits per heavy atom. The first-order valence-electron chi connectivity index (χ1n) is 14.5. The second kappa shape index (κ2) is 13.7. The van der Waals surface area contributed by atoms with Gasteiger partial charge in [0.05, 0.1) is 21.6 Å². The van der Waals surface area contributed by atoms with E-state index in [1.165, 1.54) is 59.5 Å². The van der Waals surface area contributed by atoms with E-state index in [1.807, 2.05) is 0 Å². The Hall–Kier alpha value is -5.47. The molecular formula is C33H28F6N4O5. The van der Waals surface area contributed by atoms with E-state index in [1.54, 1.807) is 17.0 Å². The minimum atomic E-state index is -4.73. The zero-order chi connectivity index (χ0) is 34.6. The minimum absolute atomic E-state index is 0.00133. The van der Waals surface area contributed by atoms with Gasteiger partial charge in [0.1, 0.15) is 12.4 Å². The van der Waals surface area contributed by atoms with Gasteiger partial charge >= 0.3 is 18.3 Å². The Balaban J connectivity index is 1.30. The monoisotopic (exact) mass is 674 g/mol. The molecule has 15 heteroatoms. The van der Waals surface area contributed by atoms with Crippen LogP contribution in [0.3, 0.4) is 0 Å². The Kier molecular flexibility index (Phi) is 9.68. The van der Waals surface area contributed by atoms with Crippen LogP contribution < -0.4 is 19.9 Å². The molecule has 5 rings (SSSR count). The molecule has 0 aromatic heterocycles. The number of benzene rings is 4. The van der Waals surface area contributed by atoms with Gasteiger partial charge in [-0.05, 0) is 60.2 Å². The maximum atomic E-state index is 14.3. The van der Waals surface area contributed by atoms with Gasteiger partial charge in [-0.25, -0.2) is 4.79 Å². The molecule has 1 fully saturated rings. The number of alkyl halides is 6. The van der Waals surface area contributed by atoms with E-state index in [9.17, 15) is 41.3 Å². The zero-order valence-corrected chi connectivity index (χ0v) is 25.0. The molecule has 0 saturated carbocycles. The van der Waals surface area contributed by atoms with Crippen molar-refractivity contribution >= 4 is 28.7 Å². The van der Waals surface area contributed by atoms with Crippen LogP contribution in [0.1, 0.15) is 32.6 Å². The van der Waals surface area contributed by atoms with E-state index >= 15 is 0 Å². The van der Waals surface area contributed by atoms with E-state index in [4.69, 9.17) is 9.84 Å². The summed E-state index contributed by atoms with van der Waals surface area (Å²) in [7, 11) is 0. The highest BCUT2D eigenvalue weighted by atomic mass is 19.4. The van der Waals surface area contributed by atoms with Gasteiger partial charge in [0.25, 0.3) is 5.69 Å². The second-order valence-electron chi connectivity index (χ2n) is 10.9. The van der Waals surface area contributed by atoms with Crippen LogP contribution in [0.2, 0.25) is 0 Å². The summed E-state index contributed by atoms with van der Waals surface area (Å²) in [5.41, 5.74) is -0.614. The van der Waals surface area contributed by atoms with Crippen LogP contribution in [0.4, 0.5) is 49.1 Å². The third-order valence-electron chi connectivity index (χ3n) is 7.79. The molecule has 1 saturated heterocycles. The fraction of sp³-hybridized carbons (Fsp3) is 0.242. The number of aromatic carboxylic acids is 1. The van der Waals surface area contributed by atoms with E-state index < -0.39 is 34.4 Å². The topological polar surface area (TPSA) is 108 Å². The van der Waals surface area contributed by atoms with Crippen LogP contribution in [0.15, 0.2) is 84.9 Å². The third-order valence-corrected chi connectivity index (χ3v) is 7.79. The van der Waals surface area contributed by atoms with Gasteiger partial charge in [-0.3, -0.25) is 10.1 Å². The molecule has 9 nitrogen and oxygen atoms in total. The first-order valence-corrected chi connectivity index (χ1v) is 14.5. The maximum absolute atomic E-state index is 14.3. The number of rotatable bonds is 10. The van der Waals surface area contributed by atoms with Crippen molar-refractivity contribution in [1.29, 1.82) is 0 Å². The summed E-state index contributed by atoms with van der Waals surface area (Å²) in [6.45, 7) is 0.564. The number of halogens is 6. The van der Waals surface area contributed by atoms with Crippen molar-refractivity contribution in [2.75, 3.05) is 41.3 Å². The summed E-state index contributed by atoms with van der Waals surface area (Å²) in [5.74, 6) is -0.855. The van der Waals surface area contributed by atoms with Crippen molar-refractivity contribution in [3.05, 3.63) is 123 Å². The summed E-state index contributed by atoms with van der Waals surface area (Å²) in [4.78, 5) is 25.1. The molecule has 48 heavy (non-hydrogen) atoms. The summed E-state index contributed by atoms with van der Waals surface area (Å²) in [5, 5.41) is 23.4. The second-order valence-corrected chi connectivity index (χ2v) is 10.9. The standard InChI is InChI=1S/C33H28F6N4O5/c34-32(35,36)24-2-1-3-26(17-24)41-12-14-42(15-13-41)29-10-8-25(18-28(29)33(37,38)39)40-19-23-16-27(43(46)47)9-11-30(23)48-20-21-4-6-22(7-5-21)31(44)45/h1-11,16-18,40H,12-15,19-20H2,(H,44,45). The molecule has 252 valence electrons. The first-order chi connectivity index (χ1) is 22.7. The fourth-order valence-corrected chi connectivity index (χ4v) is 5.29. The van der Waals surface area contributed by atoms with Gasteiger partial charge in [-0.15, -0.1) is 0 Å². The lowest BCUT2D eigenvalue weighted by Gasteiger charge is -2.38. The largest absolute Gasteiger partial charge is 0.489 e. The molecule has 0 radical (unpaired) electrons. The first kappa shape index (κ1) is 33.9. The number of ether oxygens (including phenoxy) is 1. The van der Waals surface area contributed by atoms with Gasteiger partial charge in [-0.2, -0.15) is 26.3 Å². The van der Waals surface area contributed by atoms with E-state index in [-0.39, 0.29) is 67.7 Å². The molecule has 0 spiro atoms. The molecule has 1 aliphatic rings. The highest BCUT2D eigenvalue weighted by molar-refractivity contribution is 5.87. The maximum Gasteiger partial charge on any atom is 0.418 e. The molecule has 0 aliphatic carbocycles. The highest BCUT2D eigenvalue weighted by Crippen LogP contribution is 2.39. The molecule has 4 aromatic rings. The van der Waals surface area contributed by atoms with E-state index in [0.29, 0.717) is 16.8 Å². The number of hydrogen-bond donors (Lipinski definition) is 2. The number of nitro benzene ring substituents is 1. The molecule has 0 amide bonds. The predicted octanol–water partition coefficient (Wildman–Crippen LogP) is 7.85. The number of piperazine rings is 1. The van der Waals surface area contributed by atoms with Crippen LogP contribution in [0, 0.1) is 10.1 Å². The summed E-state index contributed by atoms with van der Waals surface area (Å²) < 4.78 is 88.2. The quantitative estimate of drug-likeness (QED) is 0.0996. The number of carbonyl (C=O) groups is 1. The minimum Gasteiger partial charge on any atom is -0.489 e. The van der Waals surface area contributed by atoms with Gasteiger partial charge in [0.2, 0.25) is 0 Å². The molecule has 1 aliphatic heterocycles. The van der Waals surface area contributed by atoms with Crippen LogP contribution >= 0.6 is 0 Å². The molecule has 0 unspecified atom stereocenters. The van der Waals surface area contributed by atoms with Crippen molar-refractivity contribution in [2.24, 2.45) is 0 Å². The average Bonchev–Trinajstić information content (AvgIpc) is 3.06. The Morgan fingerprint density at radius 1 is 0.854 bits per heavy atom. The number of nitro groups is 1. The fourth-order valence-electron chi connectivity index (χ4n) is 5.29. The Morgan fingerprint density at radius 2 is 1.54 bits per heavy atom. The lowest BCUT2D eigenvalue weighted by atomic mass is 10.1. The van der Waals surface area contributed by atoms with Crippen molar-refractivity contribution in [3.63, 3.8) is 0 Å². The van der Waals surface area contributed by atoms with Gasteiger partial charge in [-0.1, -0.05) is 18.2 Å².